The molecule has 0 saturated heterocycles. The number of methoxy groups -OCH3 is 1. The zero-order valence-corrected chi connectivity index (χ0v) is 14.6. The first kappa shape index (κ1) is 12.4. The van der Waals surface area contributed by atoms with Gasteiger partial charge < -0.3 is 9.47 Å². The van der Waals surface area contributed by atoms with E-state index in [9.17, 15) is 4.79 Å². The Bertz CT molecular complexity index is 1100. The molecule has 140 valence electrons. The summed E-state index contributed by atoms with van der Waals surface area (Å²) in [5.74, 6) is 0.244. The molecule has 2 aromatic carbocycles. The molecule has 0 spiro atoms. The lowest BCUT2D eigenvalue weighted by molar-refractivity contribution is 0.115. The highest BCUT2D eigenvalue weighted by molar-refractivity contribution is 6.30. The van der Waals surface area contributed by atoms with E-state index in [1.807, 2.05) is 0 Å². The Morgan fingerprint density at radius 1 is 1.19 bits per heavy atom. The number of carbonyl (C=O) groups is 1. The summed E-state index contributed by atoms with van der Waals surface area (Å²) >= 11 is 5.89. The summed E-state index contributed by atoms with van der Waals surface area (Å²) in [6.07, 6.45) is 0.146. The van der Waals surface area contributed by atoms with Gasteiger partial charge in [-0.15, -0.1) is 5.10 Å². The van der Waals surface area contributed by atoms with Crippen LogP contribution in [0.2, 0.25) is 5.02 Å². The highest BCUT2D eigenvalue weighted by atomic mass is 35.5. The molecule has 27 heavy (non-hydrogen) atoms. The van der Waals surface area contributed by atoms with Gasteiger partial charge in [-0.3, -0.25) is 4.84 Å². The fraction of sp³-hybridized carbons (Fsp3) is 0.158. The quantitative estimate of drug-likeness (QED) is 0.586. The molecule has 0 aliphatic rings. The predicted octanol–water partition coefficient (Wildman–Crippen LogP) is 4.24. The van der Waals surface area contributed by atoms with Crippen molar-refractivity contribution in [3.05, 3.63) is 71.4 Å². The van der Waals surface area contributed by atoms with Crippen LogP contribution < -0.4 is 9.80 Å². The molecule has 1 amide bonds. The molecule has 0 atom stereocenters. The smallest absolute Gasteiger partial charge is 0.438 e. The molecule has 1 heterocycles. The molecule has 0 unspecified atom stereocenters. The number of para-hydroxylation sites is 1. The van der Waals surface area contributed by atoms with Crippen LogP contribution in [-0.2, 0) is 16.2 Å². The zero-order chi connectivity index (χ0) is 24.2. The Labute approximate surface area is 170 Å². The summed E-state index contributed by atoms with van der Waals surface area (Å²) < 4.78 is 54.8. The Morgan fingerprint density at radius 3 is 2.78 bits per heavy atom. The van der Waals surface area contributed by atoms with E-state index in [0.717, 1.165) is 5.69 Å². The first-order chi connectivity index (χ1) is 15.4. The summed E-state index contributed by atoms with van der Waals surface area (Å²) in [6.45, 7) is -0.143. The fourth-order valence-corrected chi connectivity index (χ4v) is 2.46. The van der Waals surface area contributed by atoms with E-state index in [-0.39, 0.29) is 23.2 Å². The predicted molar refractivity (Wildman–Crippen MR) is 101 cm³/mol. The van der Waals surface area contributed by atoms with Crippen LogP contribution in [0.25, 0.3) is 5.69 Å². The average molecular weight is 394 g/mol. The van der Waals surface area contributed by atoms with Crippen LogP contribution >= 0.6 is 11.6 Å². The molecular weight excluding hydrogens is 370 g/mol. The minimum absolute atomic E-state index is 0.0694. The molecule has 7 nitrogen and oxygen atoms in total. The molecule has 3 aromatic rings. The SMILES string of the molecule is [2H]C([2H])([2H])OC(=O)N(OC([2H])([2H])[2H])c1ccccc1COc1ccn(-c2ccc(Cl)cc2)n1. The molecular formula is C19H18ClN3O4. The number of carbonyl (C=O) groups excluding carboxylic acids is 1. The monoisotopic (exact) mass is 393 g/mol. The standard InChI is InChI=1S/C19H18ClN3O4/c1-25-19(24)23(26-2)17-6-4-3-5-14(17)13-27-18-11-12-22(21-18)16-9-7-15(20)8-10-16/h3-12H,13H2,1-2H3/i1D3,2D3. The van der Waals surface area contributed by atoms with Crippen LogP contribution in [0, 0.1) is 0 Å². The van der Waals surface area contributed by atoms with E-state index >= 15 is 0 Å². The van der Waals surface area contributed by atoms with Crippen molar-refractivity contribution in [3.63, 3.8) is 0 Å². The number of amides is 1. The second-order valence-electron chi connectivity index (χ2n) is 5.25. The van der Waals surface area contributed by atoms with Crippen molar-refractivity contribution < 1.29 is 27.3 Å². The van der Waals surface area contributed by atoms with Crippen molar-refractivity contribution in [1.82, 2.24) is 9.78 Å². The largest absolute Gasteiger partial charge is 0.472 e. The summed E-state index contributed by atoms with van der Waals surface area (Å²) in [5.41, 5.74) is 0.990. The van der Waals surface area contributed by atoms with E-state index < -0.39 is 20.2 Å². The van der Waals surface area contributed by atoms with Crippen LogP contribution in [0.15, 0.2) is 60.8 Å². The number of halogens is 1. The number of nitrogens with zero attached hydrogens (tertiary/aromatic N) is 3. The van der Waals surface area contributed by atoms with Gasteiger partial charge in [0, 0.05) is 22.8 Å². The van der Waals surface area contributed by atoms with Crippen molar-refractivity contribution in [2.75, 3.05) is 19.1 Å². The first-order valence-electron chi connectivity index (χ1n) is 10.7. The minimum atomic E-state index is -3.10. The van der Waals surface area contributed by atoms with Gasteiger partial charge >= 0.3 is 6.09 Å². The lowest BCUT2D eigenvalue weighted by atomic mass is 10.2. The molecule has 0 N–H and O–H groups in total. The Morgan fingerprint density at radius 2 is 2.00 bits per heavy atom. The summed E-state index contributed by atoms with van der Waals surface area (Å²) in [5, 5.41) is 5.14. The van der Waals surface area contributed by atoms with Crippen LogP contribution in [0.4, 0.5) is 10.5 Å². The molecule has 8 heteroatoms. The summed E-state index contributed by atoms with van der Waals surface area (Å²) in [4.78, 5) is 17.1. The third-order valence-electron chi connectivity index (χ3n) is 3.59. The zero-order valence-electron chi connectivity index (χ0n) is 19.8. The molecule has 0 bridgehead atoms. The van der Waals surface area contributed by atoms with E-state index in [1.165, 1.54) is 12.1 Å². The first-order valence-corrected chi connectivity index (χ1v) is 8.04. The van der Waals surface area contributed by atoms with Gasteiger partial charge in [0.15, 0.2) is 0 Å². The normalized spacial score (nSPS) is 14.7. The van der Waals surface area contributed by atoms with Crippen molar-refractivity contribution in [3.8, 4) is 11.6 Å². The molecule has 3 rings (SSSR count). The lowest BCUT2D eigenvalue weighted by Gasteiger charge is -2.20. The van der Waals surface area contributed by atoms with Crippen LogP contribution in [0.3, 0.4) is 0 Å². The average Bonchev–Trinajstić information content (AvgIpc) is 3.18. The molecule has 0 fully saturated rings. The van der Waals surface area contributed by atoms with Gasteiger partial charge in [-0.05, 0) is 30.3 Å². The van der Waals surface area contributed by atoms with Gasteiger partial charge in [0.05, 0.1) is 33.7 Å². The lowest BCUT2D eigenvalue weighted by Crippen LogP contribution is -2.30. The molecule has 1 aromatic heterocycles. The Hall–Kier alpha value is -3.03. The summed E-state index contributed by atoms with van der Waals surface area (Å²) in [6, 6.07) is 14.6. The van der Waals surface area contributed by atoms with Gasteiger partial charge in [0.2, 0.25) is 5.88 Å². The van der Waals surface area contributed by atoms with Crippen molar-refractivity contribution in [2.24, 2.45) is 0 Å². The fourth-order valence-electron chi connectivity index (χ4n) is 2.33. The highest BCUT2D eigenvalue weighted by Crippen LogP contribution is 2.23. The van der Waals surface area contributed by atoms with E-state index in [1.54, 1.807) is 53.3 Å². The minimum Gasteiger partial charge on any atom is -0.472 e. The van der Waals surface area contributed by atoms with Crippen molar-refractivity contribution in [2.45, 2.75) is 6.61 Å². The number of rotatable bonds is 6. The Balaban J connectivity index is 1.81. The molecule has 0 radical (unpaired) electrons. The molecule has 0 aliphatic heterocycles. The second kappa shape index (κ2) is 8.57. The number of anilines is 1. The van der Waals surface area contributed by atoms with E-state index in [0.29, 0.717) is 10.6 Å². The number of aromatic nitrogens is 2. The number of ether oxygens (including phenoxy) is 2. The second-order valence-corrected chi connectivity index (χ2v) is 5.68. The van der Waals surface area contributed by atoms with Crippen molar-refractivity contribution in [1.29, 1.82) is 0 Å². The maximum absolute atomic E-state index is 12.4. The van der Waals surface area contributed by atoms with Crippen LogP contribution in [0.1, 0.15) is 13.8 Å². The van der Waals surface area contributed by atoms with Gasteiger partial charge in [0.1, 0.15) is 6.61 Å². The van der Waals surface area contributed by atoms with Crippen molar-refractivity contribution >= 4 is 23.4 Å². The van der Waals surface area contributed by atoms with Gasteiger partial charge in [0.25, 0.3) is 0 Å². The molecule has 0 saturated carbocycles. The van der Waals surface area contributed by atoms with Crippen LogP contribution in [-0.4, -0.2) is 29.9 Å². The van der Waals surface area contributed by atoms with E-state index in [2.05, 4.69) is 9.84 Å². The maximum atomic E-state index is 12.4. The molecule has 0 aliphatic carbocycles. The van der Waals surface area contributed by atoms with E-state index in [4.69, 9.17) is 29.4 Å². The Kier molecular flexibility index (Phi) is 3.93. The number of hydrogen-bond donors (Lipinski definition) is 0. The van der Waals surface area contributed by atoms with Gasteiger partial charge in [-0.25, -0.2) is 9.48 Å². The van der Waals surface area contributed by atoms with Gasteiger partial charge in [-0.1, -0.05) is 29.8 Å². The number of hydroxylamine groups is 1. The number of benzene rings is 2. The third kappa shape index (κ3) is 4.39. The highest BCUT2D eigenvalue weighted by Gasteiger charge is 2.19. The topological polar surface area (TPSA) is 65.8 Å². The number of hydrogen-bond acceptors (Lipinski definition) is 5. The summed E-state index contributed by atoms with van der Waals surface area (Å²) in [7, 11) is -6.16. The third-order valence-corrected chi connectivity index (χ3v) is 3.84. The van der Waals surface area contributed by atoms with Gasteiger partial charge in [-0.2, -0.15) is 5.06 Å². The van der Waals surface area contributed by atoms with Crippen LogP contribution in [0.5, 0.6) is 5.88 Å². The maximum Gasteiger partial charge on any atom is 0.438 e.